The van der Waals surface area contributed by atoms with Crippen LogP contribution in [0.2, 0.25) is 5.15 Å². The lowest BCUT2D eigenvalue weighted by molar-refractivity contribution is -0.0380. The van der Waals surface area contributed by atoms with Crippen LogP contribution in [-0.4, -0.2) is 64.6 Å². The smallest absolute Gasteiger partial charge is 0.443 e. The molecule has 10 nitrogen and oxygen atoms in total. The molecule has 1 aliphatic rings. The summed E-state index contributed by atoms with van der Waals surface area (Å²) < 4.78 is 18.1. The maximum atomic E-state index is 13.0. The number of rotatable bonds is 6. The minimum Gasteiger partial charge on any atom is -0.443 e. The maximum absolute atomic E-state index is 13.0. The molecule has 2 heterocycles. The van der Waals surface area contributed by atoms with Gasteiger partial charge < -0.3 is 19.1 Å². The quantitative estimate of drug-likeness (QED) is 0.198. The number of ether oxygens (including phenoxy) is 3. The highest BCUT2D eigenvalue weighted by Gasteiger charge is 2.46. The average Bonchev–Trinajstić information content (AvgIpc) is 3.46. The molecule has 0 spiro atoms. The number of amides is 1. The van der Waals surface area contributed by atoms with E-state index in [9.17, 15) is 9.59 Å². The Morgan fingerprint density at radius 1 is 1.02 bits per heavy atom. The first kappa shape index (κ1) is 32.7. The van der Waals surface area contributed by atoms with Crippen molar-refractivity contribution < 1.29 is 23.8 Å². The molecular formula is C31H42ClN5O5S. The van der Waals surface area contributed by atoms with E-state index in [0.717, 1.165) is 23.1 Å². The first-order chi connectivity index (χ1) is 20.0. The highest BCUT2D eigenvalue weighted by atomic mass is 35.5. The van der Waals surface area contributed by atoms with Crippen LogP contribution in [-0.2, 0) is 14.2 Å². The zero-order valence-electron chi connectivity index (χ0n) is 26.6. The molecule has 2 aromatic heterocycles. The molecule has 1 saturated carbocycles. The SMILES string of the molecule is CCC1CC(N(C)c2nc(N(C)C(=O)OC(C)(C)C)nc(Cl)c2-c2nc3ccccc3s2)C(OC(=O)OC(C)(C)C)C1C. The first-order valence-electron chi connectivity index (χ1n) is 14.5. The molecule has 12 heteroatoms. The number of hydrogen-bond acceptors (Lipinski definition) is 10. The van der Waals surface area contributed by atoms with Crippen molar-refractivity contribution in [2.45, 2.75) is 91.6 Å². The Morgan fingerprint density at radius 3 is 2.28 bits per heavy atom. The van der Waals surface area contributed by atoms with Crippen LogP contribution in [0.5, 0.6) is 0 Å². The van der Waals surface area contributed by atoms with Crippen LogP contribution in [0.4, 0.5) is 21.4 Å². The summed E-state index contributed by atoms with van der Waals surface area (Å²) in [4.78, 5) is 43.3. The van der Waals surface area contributed by atoms with E-state index in [4.69, 9.17) is 35.8 Å². The van der Waals surface area contributed by atoms with Gasteiger partial charge in [0.25, 0.3) is 0 Å². The van der Waals surface area contributed by atoms with Crippen molar-refractivity contribution in [3.8, 4) is 10.6 Å². The number of aromatic nitrogens is 3. The van der Waals surface area contributed by atoms with E-state index in [2.05, 4.69) is 18.8 Å². The molecule has 0 radical (unpaired) electrons. The summed E-state index contributed by atoms with van der Waals surface area (Å²) in [6.45, 7) is 15.0. The lowest BCUT2D eigenvalue weighted by Gasteiger charge is -2.33. The van der Waals surface area contributed by atoms with Gasteiger partial charge >= 0.3 is 12.2 Å². The second-order valence-electron chi connectivity index (χ2n) is 13.0. The molecule has 4 unspecified atom stereocenters. The molecule has 1 amide bonds. The summed E-state index contributed by atoms with van der Waals surface area (Å²) >= 11 is 8.39. The Morgan fingerprint density at radius 2 is 1.67 bits per heavy atom. The van der Waals surface area contributed by atoms with Crippen molar-refractivity contribution in [2.75, 3.05) is 23.9 Å². The number of benzene rings is 1. The van der Waals surface area contributed by atoms with Crippen molar-refractivity contribution in [3.63, 3.8) is 0 Å². The van der Waals surface area contributed by atoms with Gasteiger partial charge in [-0.3, -0.25) is 0 Å². The molecule has 3 aromatic rings. The third-order valence-corrected chi connectivity index (χ3v) is 8.80. The van der Waals surface area contributed by atoms with Crippen molar-refractivity contribution in [2.24, 2.45) is 11.8 Å². The van der Waals surface area contributed by atoms with Crippen molar-refractivity contribution in [3.05, 3.63) is 29.4 Å². The summed E-state index contributed by atoms with van der Waals surface area (Å²) in [6.07, 6.45) is -0.135. The fourth-order valence-electron chi connectivity index (χ4n) is 5.31. The fourth-order valence-corrected chi connectivity index (χ4v) is 6.63. The Hall–Kier alpha value is -3.18. The number of para-hydroxylation sites is 1. The number of hydrogen-bond donors (Lipinski definition) is 0. The van der Waals surface area contributed by atoms with Gasteiger partial charge in [0.15, 0.2) is 0 Å². The Balaban J connectivity index is 1.82. The lowest BCUT2D eigenvalue weighted by atomic mass is 9.95. The second kappa shape index (κ2) is 12.4. The summed E-state index contributed by atoms with van der Waals surface area (Å²) in [6, 6.07) is 7.56. The van der Waals surface area contributed by atoms with Crippen LogP contribution >= 0.6 is 22.9 Å². The normalized spacial score (nSPS) is 20.6. The number of halogens is 1. The molecule has 0 aliphatic heterocycles. The van der Waals surface area contributed by atoms with E-state index in [1.807, 2.05) is 36.2 Å². The predicted octanol–water partition coefficient (Wildman–Crippen LogP) is 7.97. The molecule has 43 heavy (non-hydrogen) atoms. The van der Waals surface area contributed by atoms with Gasteiger partial charge in [-0.15, -0.1) is 11.3 Å². The average molecular weight is 632 g/mol. The molecule has 1 fully saturated rings. The van der Waals surface area contributed by atoms with Gasteiger partial charge in [0.05, 0.1) is 21.8 Å². The Kier molecular flexibility index (Phi) is 9.47. The number of nitrogens with zero attached hydrogens (tertiary/aromatic N) is 5. The zero-order valence-corrected chi connectivity index (χ0v) is 28.2. The van der Waals surface area contributed by atoms with E-state index in [1.165, 1.54) is 16.2 Å². The number of thiazole rings is 1. The number of fused-ring (bicyclic) bond motifs is 1. The van der Waals surface area contributed by atoms with E-state index in [-0.39, 0.29) is 23.1 Å². The summed E-state index contributed by atoms with van der Waals surface area (Å²) in [5.41, 5.74) is -0.0350. The first-order valence-corrected chi connectivity index (χ1v) is 15.7. The topological polar surface area (TPSA) is 107 Å². The van der Waals surface area contributed by atoms with Gasteiger partial charge in [-0.2, -0.15) is 9.97 Å². The third-order valence-electron chi connectivity index (χ3n) is 7.47. The second-order valence-corrected chi connectivity index (χ2v) is 14.4. The van der Waals surface area contributed by atoms with Gasteiger partial charge in [-0.05, 0) is 71.9 Å². The minimum atomic E-state index is -0.711. The third kappa shape index (κ3) is 7.49. The summed E-state index contributed by atoms with van der Waals surface area (Å²) in [7, 11) is 3.44. The van der Waals surface area contributed by atoms with E-state index < -0.39 is 29.6 Å². The number of likely N-dealkylation sites (N-methyl/N-ethyl adjacent to an activating group) is 1. The van der Waals surface area contributed by atoms with Crippen LogP contribution < -0.4 is 9.80 Å². The van der Waals surface area contributed by atoms with E-state index in [0.29, 0.717) is 22.3 Å². The van der Waals surface area contributed by atoms with Crippen LogP contribution in [0.25, 0.3) is 20.8 Å². The van der Waals surface area contributed by atoms with Crippen molar-refractivity contribution in [1.82, 2.24) is 15.0 Å². The molecule has 1 aliphatic carbocycles. The largest absolute Gasteiger partial charge is 0.509 e. The molecule has 0 N–H and O–H groups in total. The fraction of sp³-hybridized carbons (Fsp3) is 0.581. The molecule has 1 aromatic carbocycles. The highest BCUT2D eigenvalue weighted by Crippen LogP contribution is 2.44. The predicted molar refractivity (Wildman–Crippen MR) is 171 cm³/mol. The maximum Gasteiger partial charge on any atom is 0.509 e. The van der Waals surface area contributed by atoms with Crippen molar-refractivity contribution >= 4 is 57.2 Å². The number of anilines is 2. The molecule has 234 valence electrons. The molecule has 4 rings (SSSR count). The van der Waals surface area contributed by atoms with Gasteiger partial charge in [0.2, 0.25) is 5.95 Å². The van der Waals surface area contributed by atoms with Gasteiger partial charge in [0, 0.05) is 14.1 Å². The zero-order chi connectivity index (χ0) is 31.9. The standard InChI is InChI=1S/C31H42ClN5O5S/c1-11-18-16-20(23(17(18)2)40-29(39)42-31(6,7)8)36(9)25-22(26-33-19-14-12-13-15-21(19)43-26)24(32)34-27(35-25)37(10)28(38)41-30(3,4)5/h12-15,17-18,20,23H,11,16H2,1-10H3. The van der Waals surface area contributed by atoms with Crippen LogP contribution in [0, 0.1) is 11.8 Å². The molecule has 4 atom stereocenters. The van der Waals surface area contributed by atoms with Gasteiger partial charge in [-0.1, -0.05) is 44.0 Å². The minimum absolute atomic E-state index is 0.0667. The monoisotopic (exact) mass is 631 g/mol. The highest BCUT2D eigenvalue weighted by molar-refractivity contribution is 7.21. The number of carbonyl (C=O) groups excluding carboxylic acids is 2. The van der Waals surface area contributed by atoms with Crippen LogP contribution in [0.15, 0.2) is 24.3 Å². The summed E-state index contributed by atoms with van der Waals surface area (Å²) in [5.74, 6) is 0.911. The van der Waals surface area contributed by atoms with Gasteiger partial charge in [-0.25, -0.2) is 19.5 Å². The number of carbonyl (C=O) groups is 2. The molecule has 0 bridgehead atoms. The van der Waals surface area contributed by atoms with E-state index >= 15 is 0 Å². The summed E-state index contributed by atoms with van der Waals surface area (Å²) in [5, 5.41) is 0.784. The lowest BCUT2D eigenvalue weighted by Crippen LogP contribution is -2.43. The van der Waals surface area contributed by atoms with Crippen LogP contribution in [0.3, 0.4) is 0 Å². The Bertz CT molecular complexity index is 1450. The Labute approximate surface area is 262 Å². The van der Waals surface area contributed by atoms with Gasteiger partial charge in [0.1, 0.15) is 33.3 Å². The van der Waals surface area contributed by atoms with Crippen LogP contribution in [0.1, 0.15) is 68.2 Å². The molecule has 0 saturated heterocycles. The van der Waals surface area contributed by atoms with Crippen molar-refractivity contribution in [1.29, 1.82) is 0 Å². The molecular weight excluding hydrogens is 590 g/mol. The van der Waals surface area contributed by atoms with E-state index in [1.54, 1.807) is 48.6 Å².